The van der Waals surface area contributed by atoms with Crippen molar-refractivity contribution in [3.63, 3.8) is 0 Å². The molecule has 4 atom stereocenters. The van der Waals surface area contributed by atoms with Gasteiger partial charge in [-0.05, 0) is 135 Å². The third-order valence-electron chi connectivity index (χ3n) is 16.4. The Morgan fingerprint density at radius 2 is 1.10 bits per heavy atom. The van der Waals surface area contributed by atoms with Gasteiger partial charge < -0.3 is 0 Å². The molecular weight excluding hydrogens is 847 g/mol. The number of nitrogens with zero attached hydrogens (tertiary/aromatic N) is 3. The van der Waals surface area contributed by atoms with Gasteiger partial charge in [0, 0.05) is 63.1 Å². The van der Waals surface area contributed by atoms with Crippen LogP contribution in [-0.4, -0.2) is 15.0 Å². The van der Waals surface area contributed by atoms with E-state index in [1.807, 2.05) is 12.3 Å². The van der Waals surface area contributed by atoms with Gasteiger partial charge in [0.25, 0.3) is 0 Å². The number of allylic oxidation sites excluding steroid dienone is 4. The molecule has 1 spiro atoms. The van der Waals surface area contributed by atoms with Gasteiger partial charge in [-0.15, -0.1) is 0 Å². The maximum atomic E-state index is 5.21. The highest BCUT2D eigenvalue weighted by atomic mass is 14.7. The summed E-state index contributed by atoms with van der Waals surface area (Å²) >= 11 is 0. The average molecular weight is 898 g/mol. The van der Waals surface area contributed by atoms with Crippen molar-refractivity contribution in [2.24, 2.45) is 5.41 Å². The number of benzene rings is 7. The second-order valence-electron chi connectivity index (χ2n) is 20.3. The SMILES string of the molecule is C1=C(c2ccccc2-c2cnc3c(ccc4ccccc43)c2)C=C(c2ccccc2-c2ccc(-c3ccc4c(c3)C3CC35CCCC4C5)nc2)CC1c1ccccc1-c1ccc(-c2ccccc2)nc1. The van der Waals surface area contributed by atoms with E-state index in [0.29, 0.717) is 5.41 Å². The summed E-state index contributed by atoms with van der Waals surface area (Å²) in [4.78, 5) is 15.3. The van der Waals surface area contributed by atoms with Crippen LogP contribution in [0.4, 0.5) is 0 Å². The lowest BCUT2D eigenvalue weighted by atomic mass is 9.68. The van der Waals surface area contributed by atoms with E-state index < -0.39 is 0 Å². The molecule has 334 valence electrons. The monoisotopic (exact) mass is 897 g/mol. The fraction of sp³-hybridized carbons (Fsp3) is 0.149. The lowest BCUT2D eigenvalue weighted by molar-refractivity contribution is 0.277. The van der Waals surface area contributed by atoms with E-state index in [1.165, 1.54) is 87.4 Å². The minimum absolute atomic E-state index is 0.0804. The Labute approximate surface area is 410 Å². The first-order valence-electron chi connectivity index (χ1n) is 25.2. The molecule has 4 aliphatic rings. The van der Waals surface area contributed by atoms with E-state index in [9.17, 15) is 0 Å². The quantitative estimate of drug-likeness (QED) is 0.143. The van der Waals surface area contributed by atoms with Crippen LogP contribution in [0.1, 0.15) is 84.1 Å². The van der Waals surface area contributed by atoms with Crippen molar-refractivity contribution in [2.75, 3.05) is 0 Å². The maximum Gasteiger partial charge on any atom is 0.0780 e. The van der Waals surface area contributed by atoms with E-state index in [2.05, 4.69) is 207 Å². The first kappa shape index (κ1) is 41.0. The van der Waals surface area contributed by atoms with Crippen molar-refractivity contribution in [1.82, 2.24) is 15.0 Å². The highest BCUT2D eigenvalue weighted by molar-refractivity contribution is 6.06. The lowest BCUT2D eigenvalue weighted by Gasteiger charge is -2.36. The van der Waals surface area contributed by atoms with Gasteiger partial charge in [0.2, 0.25) is 0 Å². The summed E-state index contributed by atoms with van der Waals surface area (Å²) < 4.78 is 0. The Balaban J connectivity index is 0.863. The largest absolute Gasteiger partial charge is 0.256 e. The number of fused-ring (bicyclic) bond motifs is 7. The zero-order valence-corrected chi connectivity index (χ0v) is 39.1. The van der Waals surface area contributed by atoms with Crippen LogP contribution in [0.25, 0.3) is 88.7 Å². The van der Waals surface area contributed by atoms with Crippen molar-refractivity contribution in [3.8, 4) is 55.9 Å². The van der Waals surface area contributed by atoms with Gasteiger partial charge in [0.1, 0.15) is 0 Å². The molecule has 3 heteroatoms. The van der Waals surface area contributed by atoms with Crippen molar-refractivity contribution in [2.45, 2.75) is 56.3 Å². The Kier molecular flexibility index (Phi) is 9.72. The summed E-state index contributed by atoms with van der Waals surface area (Å²) in [6, 6.07) is 68.6. The van der Waals surface area contributed by atoms with Crippen LogP contribution in [0, 0.1) is 5.41 Å². The highest BCUT2D eigenvalue weighted by Crippen LogP contribution is 2.72. The van der Waals surface area contributed by atoms with E-state index in [1.54, 1.807) is 11.1 Å². The van der Waals surface area contributed by atoms with Crippen LogP contribution in [0.2, 0.25) is 0 Å². The zero-order chi connectivity index (χ0) is 46.2. The normalized spacial score (nSPS) is 20.0. The van der Waals surface area contributed by atoms with Gasteiger partial charge in [-0.25, -0.2) is 0 Å². The second kappa shape index (κ2) is 16.6. The smallest absolute Gasteiger partial charge is 0.0780 e. The lowest BCUT2D eigenvalue weighted by Crippen LogP contribution is -2.22. The summed E-state index contributed by atoms with van der Waals surface area (Å²) in [6.45, 7) is 0. The third kappa shape index (κ3) is 7.06. The molecule has 7 aromatic carbocycles. The standard InChI is InChI=1S/C67H51N3/c1-2-14-44(15-3-1)64-30-27-48(40-68-64)54-17-6-8-19-56(54)50-34-51(36-52(35-50)58-21-10-11-22-59(58)53-33-46-25-24-43-13-4-5-23-61(43)66(46)70-42-53)57-20-9-7-18-55(57)49-28-31-65(69-41-49)45-26-29-60-47-16-12-32-67(38-47)39-63(67)62(60)37-45/h1-11,13-15,17-31,33,35-37,40-42,47,50,63H,12,16,32,34,38-39H2. The molecule has 70 heavy (non-hydrogen) atoms. The molecule has 10 aromatic rings. The average Bonchev–Trinajstić information content (AvgIpc) is 4.15. The molecule has 2 fully saturated rings. The third-order valence-corrected chi connectivity index (χ3v) is 16.4. The topological polar surface area (TPSA) is 38.7 Å². The number of hydrogen-bond donors (Lipinski definition) is 0. The summed E-state index contributed by atoms with van der Waals surface area (Å²) in [5.74, 6) is 1.57. The van der Waals surface area contributed by atoms with Crippen molar-refractivity contribution >= 4 is 32.8 Å². The van der Waals surface area contributed by atoms with Crippen LogP contribution in [0.3, 0.4) is 0 Å². The van der Waals surface area contributed by atoms with Crippen molar-refractivity contribution in [3.05, 3.63) is 247 Å². The van der Waals surface area contributed by atoms with Crippen LogP contribution in [-0.2, 0) is 0 Å². The van der Waals surface area contributed by atoms with Gasteiger partial charge in [-0.1, -0.05) is 182 Å². The first-order valence-corrected chi connectivity index (χ1v) is 25.2. The van der Waals surface area contributed by atoms with Crippen LogP contribution < -0.4 is 0 Å². The summed E-state index contributed by atoms with van der Waals surface area (Å²) in [5.41, 5.74) is 22.3. The Hall–Kier alpha value is -8.01. The molecule has 3 aromatic heterocycles. The van der Waals surface area contributed by atoms with Crippen LogP contribution in [0.15, 0.2) is 219 Å². The minimum atomic E-state index is 0.0804. The summed E-state index contributed by atoms with van der Waals surface area (Å²) in [6.07, 6.45) is 18.9. The first-order chi connectivity index (χ1) is 34.6. The Morgan fingerprint density at radius 3 is 1.91 bits per heavy atom. The maximum absolute atomic E-state index is 5.21. The van der Waals surface area contributed by atoms with E-state index in [4.69, 9.17) is 15.0 Å². The molecule has 14 rings (SSSR count). The van der Waals surface area contributed by atoms with Gasteiger partial charge in [0.05, 0.1) is 16.9 Å². The minimum Gasteiger partial charge on any atom is -0.256 e. The Morgan fingerprint density at radius 1 is 0.443 bits per heavy atom. The number of hydrogen-bond acceptors (Lipinski definition) is 3. The predicted octanol–water partition coefficient (Wildman–Crippen LogP) is 17.3. The summed E-state index contributed by atoms with van der Waals surface area (Å²) in [5, 5.41) is 3.51. The van der Waals surface area contributed by atoms with E-state index in [-0.39, 0.29) is 5.92 Å². The fourth-order valence-corrected chi connectivity index (χ4v) is 12.9. The number of pyridine rings is 3. The predicted molar refractivity (Wildman–Crippen MR) is 289 cm³/mol. The van der Waals surface area contributed by atoms with Gasteiger partial charge >= 0.3 is 0 Å². The van der Waals surface area contributed by atoms with E-state index in [0.717, 1.165) is 68.4 Å². The van der Waals surface area contributed by atoms with Crippen LogP contribution >= 0.6 is 0 Å². The molecule has 3 heterocycles. The van der Waals surface area contributed by atoms with Gasteiger partial charge in [0.15, 0.2) is 0 Å². The highest BCUT2D eigenvalue weighted by Gasteiger charge is 2.59. The number of aromatic nitrogens is 3. The molecule has 4 aliphatic carbocycles. The molecule has 0 aliphatic heterocycles. The van der Waals surface area contributed by atoms with Crippen LogP contribution in [0.5, 0.6) is 0 Å². The second-order valence-corrected chi connectivity index (χ2v) is 20.3. The molecule has 0 saturated heterocycles. The Bertz CT molecular complexity index is 3730. The summed E-state index contributed by atoms with van der Waals surface area (Å²) in [7, 11) is 0. The molecule has 0 radical (unpaired) electrons. The molecular formula is C67H51N3. The molecule has 0 amide bonds. The molecule has 2 bridgehead atoms. The van der Waals surface area contributed by atoms with Crippen molar-refractivity contribution < 1.29 is 0 Å². The molecule has 3 nitrogen and oxygen atoms in total. The number of rotatable bonds is 8. The molecule has 0 N–H and O–H groups in total. The zero-order valence-electron chi connectivity index (χ0n) is 39.1. The molecule has 2 saturated carbocycles. The van der Waals surface area contributed by atoms with Gasteiger partial charge in [-0.2, -0.15) is 0 Å². The van der Waals surface area contributed by atoms with E-state index >= 15 is 0 Å². The molecule has 4 unspecified atom stereocenters. The van der Waals surface area contributed by atoms with Gasteiger partial charge in [-0.3, -0.25) is 15.0 Å². The fourth-order valence-electron chi connectivity index (χ4n) is 12.9. The van der Waals surface area contributed by atoms with Crippen molar-refractivity contribution in [1.29, 1.82) is 0 Å².